The highest BCUT2D eigenvalue weighted by atomic mass is 127. The van der Waals surface area contributed by atoms with Crippen molar-refractivity contribution in [3.05, 3.63) is 34.5 Å². The average molecular weight is 897 g/mol. The molecule has 1 aromatic rings. The maximum Gasteiger partial charge on any atom is 0.432 e. The minimum atomic E-state index is -6.86. The van der Waals surface area contributed by atoms with Gasteiger partial charge in [-0.15, -0.1) is 0 Å². The summed E-state index contributed by atoms with van der Waals surface area (Å²) in [5, 5.41) is -6.01. The number of alkyl halides is 5. The summed E-state index contributed by atoms with van der Waals surface area (Å²) in [7, 11) is -6.86. The molecule has 0 spiro atoms. The summed E-state index contributed by atoms with van der Waals surface area (Å²) in [4.78, 5) is 35.6. The summed E-state index contributed by atoms with van der Waals surface area (Å²) < 4.78 is 116. The fourth-order valence-corrected chi connectivity index (χ4v) is 6.68. The van der Waals surface area contributed by atoms with Crippen LogP contribution in [0.4, 0.5) is 22.0 Å². The van der Waals surface area contributed by atoms with Crippen LogP contribution < -0.4 is 4.74 Å². The molecule has 1 aromatic carbocycles. The van der Waals surface area contributed by atoms with Crippen LogP contribution in [-0.4, -0.2) is 68.2 Å². The highest BCUT2D eigenvalue weighted by Crippen LogP contribution is 2.38. The zero-order valence-corrected chi connectivity index (χ0v) is 25.3. The van der Waals surface area contributed by atoms with Gasteiger partial charge in [-0.2, -0.15) is 22.0 Å². The van der Waals surface area contributed by atoms with Crippen LogP contribution in [0.1, 0.15) is 17.3 Å². The van der Waals surface area contributed by atoms with Crippen molar-refractivity contribution in [1.29, 1.82) is 0 Å². The molecule has 0 heterocycles. The van der Waals surface area contributed by atoms with Crippen LogP contribution in [0.2, 0.25) is 0 Å². The number of halogens is 8. The van der Waals surface area contributed by atoms with Crippen molar-refractivity contribution in [2.24, 2.45) is 0 Å². The molecule has 0 N–H and O–H groups in total. The van der Waals surface area contributed by atoms with Gasteiger partial charge in [0, 0.05) is 9.14 Å². The molecule has 208 valence electrons. The molecule has 0 radical (unpaired) electrons. The summed E-state index contributed by atoms with van der Waals surface area (Å²) in [5.41, 5.74) is 0.0154. The number of carbonyl (C=O) groups is 3. The number of carbonyl (C=O) groups excluding carboxylic acids is 3. The number of esters is 3. The monoisotopic (exact) mass is 897 g/mol. The van der Waals surface area contributed by atoms with Crippen molar-refractivity contribution < 1.29 is 68.3 Å². The Labute approximate surface area is 246 Å². The molecule has 0 aliphatic heterocycles. The molecule has 1 unspecified atom stereocenters. The smallest absolute Gasteiger partial charge is 0.432 e. The molecule has 0 amide bonds. The van der Waals surface area contributed by atoms with Gasteiger partial charge in [-0.1, -0.05) is 6.58 Å². The Hall–Kier alpha value is -1.08. The summed E-state index contributed by atoms with van der Waals surface area (Å²) in [6.07, 6.45) is -10.7. The van der Waals surface area contributed by atoms with E-state index in [4.69, 9.17) is 14.2 Å². The molecule has 1 rings (SSSR count). The molecule has 0 aliphatic carbocycles. The molecule has 0 aromatic heterocycles. The number of ether oxygens (including phenoxy) is 4. The molecule has 0 fully saturated rings. The minimum Gasteiger partial charge on any atom is -0.743 e. The lowest BCUT2D eigenvalue weighted by Crippen LogP contribution is -2.52. The van der Waals surface area contributed by atoms with Gasteiger partial charge in [0.15, 0.2) is 16.7 Å². The fraction of sp³-hybridized carbons (Fsp3) is 0.389. The van der Waals surface area contributed by atoms with Crippen molar-refractivity contribution in [3.63, 3.8) is 0 Å². The second kappa shape index (κ2) is 13.3. The first-order valence-corrected chi connectivity index (χ1v) is 13.8. The first-order valence-electron chi connectivity index (χ1n) is 9.11. The zero-order valence-electron chi connectivity index (χ0n) is 18.0. The van der Waals surface area contributed by atoms with Crippen molar-refractivity contribution in [2.45, 2.75) is 24.5 Å². The van der Waals surface area contributed by atoms with E-state index >= 15 is 0 Å². The third-order valence-corrected chi connectivity index (χ3v) is 7.31. The number of rotatable bonds is 11. The van der Waals surface area contributed by atoms with Crippen LogP contribution in [0.25, 0.3) is 0 Å². The lowest BCUT2D eigenvalue weighted by molar-refractivity contribution is -0.259. The van der Waals surface area contributed by atoms with Gasteiger partial charge in [-0.05, 0) is 80.8 Å². The number of hydrogen-bond acceptors (Lipinski definition) is 10. The summed E-state index contributed by atoms with van der Waals surface area (Å²) in [5.74, 6) is -3.97. The number of hydrogen-bond donors (Lipinski definition) is 0. The van der Waals surface area contributed by atoms with E-state index in [1.807, 2.05) is 0 Å². The normalized spacial score (nSPS) is 12.9. The van der Waals surface area contributed by atoms with Crippen molar-refractivity contribution >= 4 is 95.8 Å². The van der Waals surface area contributed by atoms with Crippen LogP contribution in [0, 0.1) is 10.7 Å². The van der Waals surface area contributed by atoms with Crippen LogP contribution in [0.15, 0.2) is 18.2 Å². The fourth-order valence-electron chi connectivity index (χ4n) is 2.11. The van der Waals surface area contributed by atoms with Crippen LogP contribution >= 0.6 is 67.8 Å². The van der Waals surface area contributed by atoms with E-state index in [2.05, 4.69) is 11.3 Å². The topological polar surface area (TPSA) is 145 Å². The van der Waals surface area contributed by atoms with Crippen molar-refractivity contribution in [2.75, 3.05) is 19.8 Å². The molecule has 37 heavy (non-hydrogen) atoms. The molecule has 0 saturated heterocycles. The SMILES string of the molecule is C=C(C)C(=O)OCCOC(=O)c1c(I)cc(I)c(OCC(=O)OC(C(F)(F)F)C(F)(F)S(=O)(=O)[O-])c1I. The van der Waals surface area contributed by atoms with Gasteiger partial charge in [0.2, 0.25) is 0 Å². The molecule has 1 atom stereocenters. The van der Waals surface area contributed by atoms with Gasteiger partial charge in [0.25, 0.3) is 6.10 Å². The van der Waals surface area contributed by atoms with Crippen LogP contribution in [-0.2, 0) is 33.9 Å². The predicted molar refractivity (Wildman–Crippen MR) is 137 cm³/mol. The molecular formula is C18H13F5I3O10S-. The van der Waals surface area contributed by atoms with E-state index < -0.39 is 52.2 Å². The van der Waals surface area contributed by atoms with Crippen LogP contribution in [0.3, 0.4) is 0 Å². The average Bonchev–Trinajstić information content (AvgIpc) is 2.72. The Morgan fingerprint density at radius 1 is 1.05 bits per heavy atom. The first-order chi connectivity index (χ1) is 16.7. The van der Waals surface area contributed by atoms with Gasteiger partial charge in [0.1, 0.15) is 19.0 Å². The Morgan fingerprint density at radius 2 is 1.59 bits per heavy atom. The quantitative estimate of drug-likeness (QED) is 0.0613. The highest BCUT2D eigenvalue weighted by molar-refractivity contribution is 14.1. The molecule has 0 aliphatic rings. The summed E-state index contributed by atoms with van der Waals surface area (Å²) in [6.45, 7) is 2.70. The Kier molecular flexibility index (Phi) is 12.2. The van der Waals surface area contributed by atoms with Gasteiger partial charge in [0.05, 0.1) is 12.7 Å². The maximum absolute atomic E-state index is 13.5. The lowest BCUT2D eigenvalue weighted by atomic mass is 10.2. The second-order valence-electron chi connectivity index (χ2n) is 6.63. The molecular weight excluding hydrogens is 884 g/mol. The summed E-state index contributed by atoms with van der Waals surface area (Å²) >= 11 is 5.03. The predicted octanol–water partition coefficient (Wildman–Crippen LogP) is 3.77. The molecule has 10 nitrogen and oxygen atoms in total. The van der Waals surface area contributed by atoms with E-state index in [0.29, 0.717) is 3.57 Å². The van der Waals surface area contributed by atoms with E-state index in [0.717, 1.165) is 0 Å². The molecule has 0 bridgehead atoms. The summed E-state index contributed by atoms with van der Waals surface area (Å²) in [6, 6.07) is 1.36. The standard InChI is InChI=1S/C18H14F5I3O10S/c1-7(2)14(28)33-3-4-34-15(29)11-8(24)5-9(25)13(12(11)26)35-6-10(27)36-16(17(19,20)21)18(22,23)37(30,31)32/h5,16H,1,3-4,6H2,2H3,(H,30,31,32)/p-1. The molecule has 0 saturated carbocycles. The van der Waals surface area contributed by atoms with Crippen LogP contribution in [0.5, 0.6) is 5.75 Å². The van der Waals surface area contributed by atoms with Gasteiger partial charge in [-0.3, -0.25) is 0 Å². The van der Waals surface area contributed by atoms with E-state index in [1.54, 1.807) is 67.8 Å². The van der Waals surface area contributed by atoms with Crippen molar-refractivity contribution in [1.82, 2.24) is 0 Å². The Balaban J connectivity index is 3.03. The Morgan fingerprint density at radius 3 is 2.08 bits per heavy atom. The third kappa shape index (κ3) is 9.26. The van der Waals surface area contributed by atoms with E-state index in [1.165, 1.54) is 13.0 Å². The molecule has 19 heteroatoms. The number of benzene rings is 1. The van der Waals surface area contributed by atoms with Gasteiger partial charge >= 0.3 is 29.3 Å². The van der Waals surface area contributed by atoms with E-state index in [9.17, 15) is 49.3 Å². The van der Waals surface area contributed by atoms with Gasteiger partial charge < -0.3 is 23.5 Å². The highest BCUT2D eigenvalue weighted by Gasteiger charge is 2.63. The van der Waals surface area contributed by atoms with Gasteiger partial charge in [-0.25, -0.2) is 22.8 Å². The van der Waals surface area contributed by atoms with Crippen molar-refractivity contribution in [3.8, 4) is 5.75 Å². The second-order valence-corrected chi connectivity index (χ2v) is 11.5. The zero-order chi connectivity index (χ0) is 28.9. The Bertz CT molecular complexity index is 1190. The van der Waals surface area contributed by atoms with E-state index in [-0.39, 0.29) is 37.2 Å². The minimum absolute atomic E-state index is 0.00506. The third-order valence-electron chi connectivity index (χ3n) is 3.75. The lowest BCUT2D eigenvalue weighted by Gasteiger charge is -2.29. The first kappa shape index (κ1) is 33.9. The maximum atomic E-state index is 13.5. The largest absolute Gasteiger partial charge is 0.743 e.